The van der Waals surface area contributed by atoms with Gasteiger partial charge in [0, 0.05) is 30.7 Å². The first-order valence-corrected chi connectivity index (χ1v) is 7.90. The number of urea groups is 1. The number of benzene rings is 2. The Kier molecular flexibility index (Phi) is 4.79. The van der Waals surface area contributed by atoms with E-state index in [1.165, 1.54) is 6.07 Å². The van der Waals surface area contributed by atoms with Gasteiger partial charge >= 0.3 is 6.03 Å². The molecule has 0 aliphatic rings. The minimum absolute atomic E-state index is 0.357. The number of aryl methyl sites for hydroxylation is 2. The van der Waals surface area contributed by atoms with Crippen LogP contribution in [0.25, 0.3) is 0 Å². The third-order valence-electron chi connectivity index (χ3n) is 3.92. The normalized spacial score (nSPS) is 11.8. The smallest absolute Gasteiger partial charge is 0.320 e. The van der Waals surface area contributed by atoms with E-state index >= 15 is 0 Å². The first-order valence-electron chi connectivity index (χ1n) is 7.90. The summed E-state index contributed by atoms with van der Waals surface area (Å²) < 4.78 is 16.0. The van der Waals surface area contributed by atoms with Crippen LogP contribution >= 0.6 is 0 Å². The number of imidazole rings is 1. The highest BCUT2D eigenvalue weighted by Crippen LogP contribution is 2.23. The van der Waals surface area contributed by atoms with Crippen molar-refractivity contribution in [2.45, 2.75) is 13.0 Å². The Hall–Kier alpha value is -3.15. The Labute approximate surface area is 145 Å². The second-order valence-electron chi connectivity index (χ2n) is 5.82. The number of halogens is 1. The molecule has 3 rings (SSSR count). The molecule has 3 aromatic rings. The first-order chi connectivity index (χ1) is 12.0. The number of nitrogens with zero attached hydrogens (tertiary/aromatic N) is 2. The highest BCUT2D eigenvalue weighted by molar-refractivity contribution is 5.89. The lowest BCUT2D eigenvalue weighted by atomic mass is 10.1. The zero-order valence-corrected chi connectivity index (χ0v) is 14.0. The molecule has 2 N–H and O–H groups in total. The topological polar surface area (TPSA) is 59.0 Å². The minimum atomic E-state index is -0.702. The second kappa shape index (κ2) is 7.17. The SMILES string of the molecule is Cc1ccc(NC(=O)NC(c2ccccc2F)c2nccn2C)cc1. The highest BCUT2D eigenvalue weighted by Gasteiger charge is 2.23. The van der Waals surface area contributed by atoms with Crippen molar-refractivity contribution in [2.75, 3.05) is 5.32 Å². The van der Waals surface area contributed by atoms with Gasteiger partial charge in [-0.2, -0.15) is 0 Å². The number of hydrogen-bond donors (Lipinski definition) is 2. The Bertz CT molecular complexity index is 873. The number of amides is 2. The molecule has 0 fully saturated rings. The van der Waals surface area contributed by atoms with Crippen molar-refractivity contribution in [3.05, 3.63) is 83.7 Å². The molecule has 128 valence electrons. The van der Waals surface area contributed by atoms with Crippen molar-refractivity contribution < 1.29 is 9.18 Å². The Morgan fingerprint density at radius 2 is 1.88 bits per heavy atom. The molecule has 0 saturated heterocycles. The summed E-state index contributed by atoms with van der Waals surface area (Å²) in [6, 6.07) is 12.7. The van der Waals surface area contributed by atoms with E-state index < -0.39 is 17.9 Å². The van der Waals surface area contributed by atoms with E-state index in [2.05, 4.69) is 15.6 Å². The predicted molar refractivity (Wildman–Crippen MR) is 94.8 cm³/mol. The van der Waals surface area contributed by atoms with E-state index in [0.29, 0.717) is 17.1 Å². The van der Waals surface area contributed by atoms with Crippen LogP contribution in [0.2, 0.25) is 0 Å². The molecule has 0 aliphatic heterocycles. The van der Waals surface area contributed by atoms with Gasteiger partial charge in [-0.05, 0) is 25.1 Å². The lowest BCUT2D eigenvalue weighted by molar-refractivity contribution is 0.249. The Balaban J connectivity index is 1.85. The molecule has 2 amide bonds. The molecular formula is C19H19FN4O. The van der Waals surface area contributed by atoms with Gasteiger partial charge in [0.2, 0.25) is 0 Å². The van der Waals surface area contributed by atoms with E-state index in [0.717, 1.165) is 5.56 Å². The summed E-state index contributed by atoms with van der Waals surface area (Å²) in [5.74, 6) is 0.148. The van der Waals surface area contributed by atoms with Gasteiger partial charge in [-0.1, -0.05) is 35.9 Å². The standard InChI is InChI=1S/C19H19FN4O/c1-13-7-9-14(10-8-13)22-19(25)23-17(18-21-11-12-24(18)2)15-5-3-4-6-16(15)20/h3-12,17H,1-2H3,(H2,22,23,25). The minimum Gasteiger partial charge on any atom is -0.336 e. The third-order valence-corrected chi connectivity index (χ3v) is 3.92. The van der Waals surface area contributed by atoms with Crippen molar-refractivity contribution in [2.24, 2.45) is 7.05 Å². The zero-order valence-electron chi connectivity index (χ0n) is 14.0. The summed E-state index contributed by atoms with van der Waals surface area (Å²) >= 11 is 0. The van der Waals surface area contributed by atoms with Crippen molar-refractivity contribution in [1.82, 2.24) is 14.9 Å². The summed E-state index contributed by atoms with van der Waals surface area (Å²) in [4.78, 5) is 16.7. The summed E-state index contributed by atoms with van der Waals surface area (Å²) in [6.07, 6.45) is 3.37. The Morgan fingerprint density at radius 3 is 2.52 bits per heavy atom. The van der Waals surface area contributed by atoms with Crippen molar-refractivity contribution >= 4 is 11.7 Å². The number of carbonyl (C=O) groups is 1. The molecule has 0 bridgehead atoms. The lowest BCUT2D eigenvalue weighted by Gasteiger charge is -2.20. The number of rotatable bonds is 4. The van der Waals surface area contributed by atoms with E-state index in [1.807, 2.05) is 31.2 Å². The number of carbonyl (C=O) groups excluding carboxylic acids is 1. The number of anilines is 1. The largest absolute Gasteiger partial charge is 0.336 e. The summed E-state index contributed by atoms with van der Waals surface area (Å²) in [5.41, 5.74) is 2.12. The predicted octanol–water partition coefficient (Wildman–Crippen LogP) is 3.78. The van der Waals surface area contributed by atoms with Crippen LogP contribution in [-0.2, 0) is 7.05 Å². The molecule has 0 spiro atoms. The van der Waals surface area contributed by atoms with Crippen LogP contribution in [0.15, 0.2) is 60.9 Å². The molecule has 0 aliphatic carbocycles. The van der Waals surface area contributed by atoms with E-state index in [1.54, 1.807) is 42.2 Å². The van der Waals surface area contributed by atoms with Crippen LogP contribution in [-0.4, -0.2) is 15.6 Å². The molecule has 5 nitrogen and oxygen atoms in total. The number of nitrogens with one attached hydrogen (secondary N) is 2. The summed E-state index contributed by atoms with van der Waals surface area (Å²) in [7, 11) is 1.80. The quantitative estimate of drug-likeness (QED) is 0.760. The molecule has 1 unspecified atom stereocenters. The van der Waals surface area contributed by atoms with Crippen molar-refractivity contribution in [1.29, 1.82) is 0 Å². The van der Waals surface area contributed by atoms with Crippen LogP contribution in [0.1, 0.15) is 23.0 Å². The zero-order chi connectivity index (χ0) is 17.8. The van der Waals surface area contributed by atoms with Crippen LogP contribution in [0.3, 0.4) is 0 Å². The molecule has 0 saturated carbocycles. The maximum Gasteiger partial charge on any atom is 0.320 e. The van der Waals surface area contributed by atoms with Crippen molar-refractivity contribution in [3.8, 4) is 0 Å². The second-order valence-corrected chi connectivity index (χ2v) is 5.82. The first kappa shape index (κ1) is 16.7. The van der Waals surface area contributed by atoms with Crippen LogP contribution in [0, 0.1) is 12.7 Å². The lowest BCUT2D eigenvalue weighted by Crippen LogP contribution is -2.35. The molecule has 25 heavy (non-hydrogen) atoms. The molecule has 1 atom stereocenters. The molecule has 6 heteroatoms. The number of hydrogen-bond acceptors (Lipinski definition) is 2. The van der Waals surface area contributed by atoms with Crippen LogP contribution < -0.4 is 10.6 Å². The average molecular weight is 338 g/mol. The molecule has 1 heterocycles. The molecule has 1 aromatic heterocycles. The maximum atomic E-state index is 14.3. The van der Waals surface area contributed by atoms with Crippen LogP contribution in [0.5, 0.6) is 0 Å². The van der Waals surface area contributed by atoms with Gasteiger partial charge in [0.05, 0.1) is 0 Å². The summed E-state index contributed by atoms with van der Waals surface area (Å²) in [6.45, 7) is 1.97. The van der Waals surface area contributed by atoms with Gasteiger partial charge in [-0.25, -0.2) is 14.2 Å². The fourth-order valence-electron chi connectivity index (χ4n) is 2.58. The van der Waals surface area contributed by atoms with Gasteiger partial charge in [-0.15, -0.1) is 0 Å². The average Bonchev–Trinajstić information content (AvgIpc) is 3.01. The van der Waals surface area contributed by atoms with Gasteiger partial charge in [0.15, 0.2) is 0 Å². The highest BCUT2D eigenvalue weighted by atomic mass is 19.1. The van der Waals surface area contributed by atoms with Crippen LogP contribution in [0.4, 0.5) is 14.9 Å². The maximum absolute atomic E-state index is 14.3. The van der Waals surface area contributed by atoms with Gasteiger partial charge in [0.25, 0.3) is 0 Å². The Morgan fingerprint density at radius 1 is 1.16 bits per heavy atom. The van der Waals surface area contributed by atoms with Gasteiger partial charge in [0.1, 0.15) is 17.7 Å². The van der Waals surface area contributed by atoms with E-state index in [9.17, 15) is 9.18 Å². The fourth-order valence-corrected chi connectivity index (χ4v) is 2.58. The van der Waals surface area contributed by atoms with Gasteiger partial charge in [-0.3, -0.25) is 0 Å². The molecule has 0 radical (unpaired) electrons. The molecule has 2 aromatic carbocycles. The fraction of sp³-hybridized carbons (Fsp3) is 0.158. The monoisotopic (exact) mass is 338 g/mol. The van der Waals surface area contributed by atoms with Gasteiger partial charge < -0.3 is 15.2 Å². The third kappa shape index (κ3) is 3.85. The number of aromatic nitrogens is 2. The van der Waals surface area contributed by atoms with E-state index in [4.69, 9.17) is 0 Å². The molecular weight excluding hydrogens is 319 g/mol. The van der Waals surface area contributed by atoms with Crippen molar-refractivity contribution in [3.63, 3.8) is 0 Å². The van der Waals surface area contributed by atoms with E-state index in [-0.39, 0.29) is 0 Å². The summed E-state index contributed by atoms with van der Waals surface area (Å²) in [5, 5.41) is 5.57.